The molecule has 1 atom stereocenters. The van der Waals surface area contributed by atoms with E-state index in [1.807, 2.05) is 0 Å². The highest BCUT2D eigenvalue weighted by molar-refractivity contribution is 6.06. The molecule has 7 nitrogen and oxygen atoms in total. The Labute approximate surface area is 154 Å². The summed E-state index contributed by atoms with van der Waals surface area (Å²) in [6.45, 7) is 1.61. The Morgan fingerprint density at radius 2 is 1.93 bits per heavy atom. The van der Waals surface area contributed by atoms with Gasteiger partial charge in [0.25, 0.3) is 5.91 Å². The minimum atomic E-state index is -0.756. The van der Waals surface area contributed by atoms with Crippen LogP contribution in [-0.4, -0.2) is 24.2 Å². The van der Waals surface area contributed by atoms with Crippen LogP contribution >= 0.6 is 0 Å². The van der Waals surface area contributed by atoms with Crippen LogP contribution in [0.1, 0.15) is 18.5 Å². The number of aromatic hydroxyl groups is 1. The van der Waals surface area contributed by atoms with Crippen LogP contribution in [0.2, 0.25) is 0 Å². The molecule has 8 heteroatoms. The van der Waals surface area contributed by atoms with E-state index in [0.717, 1.165) is 0 Å². The molecule has 1 aliphatic heterocycles. The summed E-state index contributed by atoms with van der Waals surface area (Å²) in [5.41, 5.74) is 1.64. The van der Waals surface area contributed by atoms with Crippen LogP contribution in [0.15, 0.2) is 53.7 Å². The molecule has 0 saturated heterocycles. The number of hydrogen-bond acceptors (Lipinski definition) is 4. The van der Waals surface area contributed by atoms with Crippen molar-refractivity contribution in [3.05, 3.63) is 65.1 Å². The van der Waals surface area contributed by atoms with Gasteiger partial charge in [-0.2, -0.15) is 0 Å². The van der Waals surface area contributed by atoms with Gasteiger partial charge in [-0.25, -0.2) is 9.18 Å². The summed E-state index contributed by atoms with van der Waals surface area (Å²) in [4.78, 5) is 24.8. The molecule has 0 spiro atoms. The predicted octanol–water partition coefficient (Wildman–Crippen LogP) is 2.81. The molecule has 0 bridgehead atoms. The van der Waals surface area contributed by atoms with E-state index in [1.165, 1.54) is 37.4 Å². The number of carbonyl (C=O) groups is 2. The number of ether oxygens (including phenoxy) is 1. The minimum absolute atomic E-state index is 0.0560. The van der Waals surface area contributed by atoms with Crippen molar-refractivity contribution in [1.29, 1.82) is 0 Å². The average Bonchev–Trinajstić information content (AvgIpc) is 2.63. The van der Waals surface area contributed by atoms with E-state index < -0.39 is 23.8 Å². The number of nitrogens with one attached hydrogen (secondary N) is 3. The van der Waals surface area contributed by atoms with Crippen molar-refractivity contribution in [2.24, 2.45) is 0 Å². The summed E-state index contributed by atoms with van der Waals surface area (Å²) >= 11 is 0. The van der Waals surface area contributed by atoms with Crippen molar-refractivity contribution in [1.82, 2.24) is 10.6 Å². The van der Waals surface area contributed by atoms with E-state index in [-0.39, 0.29) is 17.1 Å². The van der Waals surface area contributed by atoms with Gasteiger partial charge in [-0.05, 0) is 48.9 Å². The number of phenolic OH excluding ortho intramolecular Hbond substituents is 1. The molecule has 4 N–H and O–H groups in total. The summed E-state index contributed by atoms with van der Waals surface area (Å²) < 4.78 is 18.2. The molecule has 2 aromatic carbocycles. The van der Waals surface area contributed by atoms with Gasteiger partial charge < -0.3 is 25.8 Å². The van der Waals surface area contributed by atoms with E-state index in [1.54, 1.807) is 19.1 Å². The number of anilines is 1. The van der Waals surface area contributed by atoms with Gasteiger partial charge in [-0.1, -0.05) is 6.07 Å². The summed E-state index contributed by atoms with van der Waals surface area (Å²) in [7, 11) is 1.41. The largest absolute Gasteiger partial charge is 0.504 e. The molecule has 27 heavy (non-hydrogen) atoms. The van der Waals surface area contributed by atoms with Gasteiger partial charge in [-0.3, -0.25) is 4.79 Å². The van der Waals surface area contributed by atoms with Gasteiger partial charge in [0.15, 0.2) is 11.5 Å². The maximum Gasteiger partial charge on any atom is 0.319 e. The molecule has 0 saturated carbocycles. The fourth-order valence-corrected chi connectivity index (χ4v) is 2.85. The van der Waals surface area contributed by atoms with Crippen LogP contribution in [0.3, 0.4) is 0 Å². The highest BCUT2D eigenvalue weighted by Crippen LogP contribution is 2.33. The van der Waals surface area contributed by atoms with Gasteiger partial charge >= 0.3 is 6.03 Å². The third-order valence-electron chi connectivity index (χ3n) is 4.15. The topological polar surface area (TPSA) is 99.7 Å². The van der Waals surface area contributed by atoms with Crippen molar-refractivity contribution >= 4 is 17.6 Å². The Morgan fingerprint density at radius 1 is 1.22 bits per heavy atom. The summed E-state index contributed by atoms with van der Waals surface area (Å²) in [5, 5.41) is 17.7. The number of phenols is 1. The van der Waals surface area contributed by atoms with E-state index >= 15 is 0 Å². The molecular formula is C19H18FN3O4. The number of methoxy groups -OCH3 is 1. The smallest absolute Gasteiger partial charge is 0.319 e. The van der Waals surface area contributed by atoms with E-state index in [0.29, 0.717) is 16.9 Å². The SMILES string of the molecule is COc1cc(C2NC(=O)NC(C)=C2C(=O)Nc2ccc(F)cc2)ccc1O. The molecule has 140 valence electrons. The number of halogens is 1. The lowest BCUT2D eigenvalue weighted by atomic mass is 9.94. The van der Waals surface area contributed by atoms with Crippen LogP contribution in [-0.2, 0) is 4.79 Å². The van der Waals surface area contributed by atoms with Gasteiger partial charge in [0.2, 0.25) is 0 Å². The summed E-state index contributed by atoms with van der Waals surface area (Å²) in [6, 6.07) is 8.70. The zero-order valence-electron chi connectivity index (χ0n) is 14.7. The van der Waals surface area contributed by atoms with Gasteiger partial charge in [0.05, 0.1) is 18.7 Å². The highest BCUT2D eigenvalue weighted by Gasteiger charge is 2.31. The molecule has 1 heterocycles. The van der Waals surface area contributed by atoms with E-state index in [9.17, 15) is 19.1 Å². The molecule has 1 unspecified atom stereocenters. The van der Waals surface area contributed by atoms with Crippen LogP contribution in [0, 0.1) is 5.82 Å². The zero-order valence-corrected chi connectivity index (χ0v) is 14.7. The highest BCUT2D eigenvalue weighted by atomic mass is 19.1. The first-order chi connectivity index (χ1) is 12.9. The standard InChI is InChI=1S/C19H18FN3O4/c1-10-16(18(25)22-13-6-4-12(20)5-7-13)17(23-19(26)21-10)11-3-8-14(24)15(9-11)27-2/h3-9,17,24H,1-2H3,(H,22,25)(H2,21,23,26). The third-order valence-corrected chi connectivity index (χ3v) is 4.15. The minimum Gasteiger partial charge on any atom is -0.504 e. The first-order valence-corrected chi connectivity index (χ1v) is 8.11. The fraction of sp³-hybridized carbons (Fsp3) is 0.158. The number of benzene rings is 2. The van der Waals surface area contributed by atoms with Crippen molar-refractivity contribution in [2.45, 2.75) is 13.0 Å². The van der Waals surface area contributed by atoms with E-state index in [4.69, 9.17) is 4.74 Å². The number of rotatable bonds is 4. The average molecular weight is 371 g/mol. The molecule has 3 amide bonds. The summed E-state index contributed by atoms with van der Waals surface area (Å²) in [5.74, 6) is -0.705. The fourth-order valence-electron chi connectivity index (χ4n) is 2.85. The molecule has 1 aliphatic rings. The summed E-state index contributed by atoms with van der Waals surface area (Å²) in [6.07, 6.45) is 0. The van der Waals surface area contributed by atoms with Crippen molar-refractivity contribution in [3.63, 3.8) is 0 Å². The number of hydrogen-bond donors (Lipinski definition) is 4. The van der Waals surface area contributed by atoms with Crippen LogP contribution in [0.4, 0.5) is 14.9 Å². The maximum absolute atomic E-state index is 13.1. The predicted molar refractivity (Wildman–Crippen MR) is 96.8 cm³/mol. The van der Waals surface area contributed by atoms with Crippen molar-refractivity contribution in [2.75, 3.05) is 12.4 Å². The molecular weight excluding hydrogens is 353 g/mol. The molecule has 2 aromatic rings. The Hall–Kier alpha value is -3.55. The Kier molecular flexibility index (Phi) is 4.98. The lowest BCUT2D eigenvalue weighted by Gasteiger charge is -2.29. The number of urea groups is 1. The second-order valence-corrected chi connectivity index (χ2v) is 5.96. The quantitative estimate of drug-likeness (QED) is 0.664. The molecule has 3 rings (SSSR count). The van der Waals surface area contributed by atoms with Crippen LogP contribution in [0.25, 0.3) is 0 Å². The lowest BCUT2D eigenvalue weighted by Crippen LogP contribution is -2.45. The Morgan fingerprint density at radius 3 is 2.59 bits per heavy atom. The van der Waals surface area contributed by atoms with Gasteiger partial charge in [0.1, 0.15) is 5.82 Å². The van der Waals surface area contributed by atoms with Crippen molar-refractivity contribution in [3.8, 4) is 11.5 Å². The number of allylic oxidation sites excluding steroid dienone is 1. The maximum atomic E-state index is 13.1. The number of amides is 3. The Bertz CT molecular complexity index is 925. The third kappa shape index (κ3) is 3.84. The van der Waals surface area contributed by atoms with Crippen LogP contribution < -0.4 is 20.7 Å². The van der Waals surface area contributed by atoms with Crippen molar-refractivity contribution < 1.29 is 23.8 Å². The van der Waals surface area contributed by atoms with Gasteiger partial charge in [0, 0.05) is 11.4 Å². The second-order valence-electron chi connectivity index (χ2n) is 5.96. The molecule has 0 aliphatic carbocycles. The van der Waals surface area contributed by atoms with Gasteiger partial charge in [-0.15, -0.1) is 0 Å². The lowest BCUT2D eigenvalue weighted by molar-refractivity contribution is -0.113. The first kappa shape index (κ1) is 18.2. The number of carbonyl (C=O) groups excluding carboxylic acids is 2. The monoisotopic (exact) mass is 371 g/mol. The molecule has 0 radical (unpaired) electrons. The van der Waals surface area contributed by atoms with E-state index in [2.05, 4.69) is 16.0 Å². The first-order valence-electron chi connectivity index (χ1n) is 8.11. The Balaban J connectivity index is 1.96. The zero-order chi connectivity index (χ0) is 19.6. The second kappa shape index (κ2) is 7.36. The van der Waals surface area contributed by atoms with Crippen LogP contribution in [0.5, 0.6) is 11.5 Å². The molecule has 0 fully saturated rings. The molecule has 0 aromatic heterocycles. The normalized spacial score (nSPS) is 16.4.